The predicted molar refractivity (Wildman–Crippen MR) is 73.4 cm³/mol. The van der Waals surface area contributed by atoms with Gasteiger partial charge in [0, 0.05) is 5.39 Å². The molecule has 3 nitrogen and oxygen atoms in total. The van der Waals surface area contributed by atoms with Gasteiger partial charge in [-0.15, -0.1) is 0 Å². The monoisotopic (exact) mass is 315 g/mol. The molecule has 0 spiro atoms. The molecule has 0 unspecified atom stereocenters. The molecule has 1 aromatic heterocycles. The van der Waals surface area contributed by atoms with E-state index < -0.39 is 5.82 Å². The van der Waals surface area contributed by atoms with Gasteiger partial charge in [0.05, 0.1) is 21.7 Å². The Morgan fingerprint density at radius 3 is 2.79 bits per heavy atom. The van der Waals surface area contributed by atoms with Gasteiger partial charge in [0.15, 0.2) is 5.82 Å². The fraction of sp³-hybridized carbons (Fsp3) is 0. The second-order valence-electron chi connectivity index (χ2n) is 3.99. The second kappa shape index (κ2) is 4.48. The summed E-state index contributed by atoms with van der Waals surface area (Å²) in [5.41, 5.74) is 1.39. The highest BCUT2D eigenvalue weighted by Gasteiger charge is 2.14. The topological polar surface area (TPSA) is 41.6 Å². The summed E-state index contributed by atoms with van der Waals surface area (Å²) in [6.45, 7) is 0. The van der Waals surface area contributed by atoms with Crippen LogP contribution in [0.2, 0.25) is 0 Å². The van der Waals surface area contributed by atoms with Gasteiger partial charge in [-0.3, -0.25) is 0 Å². The first-order chi connectivity index (χ1) is 9.22. The van der Waals surface area contributed by atoms with Crippen molar-refractivity contribution in [3.63, 3.8) is 0 Å². The first-order valence-electron chi connectivity index (χ1n) is 5.53. The van der Waals surface area contributed by atoms with Crippen LogP contribution in [-0.4, -0.2) is 9.78 Å². The Morgan fingerprint density at radius 2 is 2.00 bits per heavy atom. The molecular formula is C14H7BrFN3. The molecule has 0 amide bonds. The average Bonchev–Trinajstić information content (AvgIpc) is 2.86. The Morgan fingerprint density at radius 1 is 1.21 bits per heavy atom. The molecule has 0 saturated heterocycles. The molecule has 3 rings (SSSR count). The SMILES string of the molecule is N#Cc1ccc(-n2ncc3ccccc32)c(F)c1Br. The molecule has 1 heterocycles. The lowest BCUT2D eigenvalue weighted by atomic mass is 10.2. The zero-order chi connectivity index (χ0) is 13.4. The lowest BCUT2D eigenvalue weighted by Gasteiger charge is -2.07. The van der Waals surface area contributed by atoms with Crippen molar-refractivity contribution in [1.29, 1.82) is 5.26 Å². The molecule has 0 radical (unpaired) electrons. The van der Waals surface area contributed by atoms with Crippen LogP contribution in [0.25, 0.3) is 16.6 Å². The van der Waals surface area contributed by atoms with Gasteiger partial charge in [0.25, 0.3) is 0 Å². The lowest BCUT2D eigenvalue weighted by Crippen LogP contribution is -2.01. The van der Waals surface area contributed by atoms with Gasteiger partial charge in [-0.1, -0.05) is 18.2 Å². The van der Waals surface area contributed by atoms with Crippen molar-refractivity contribution in [2.75, 3.05) is 0 Å². The fourth-order valence-corrected chi connectivity index (χ4v) is 2.38. The highest BCUT2D eigenvalue weighted by Crippen LogP contribution is 2.27. The molecule has 0 saturated carbocycles. The van der Waals surface area contributed by atoms with Gasteiger partial charge in [-0.05, 0) is 34.1 Å². The molecule has 0 aliphatic heterocycles. The number of fused-ring (bicyclic) bond motifs is 1. The van der Waals surface area contributed by atoms with Crippen LogP contribution in [0.15, 0.2) is 47.1 Å². The van der Waals surface area contributed by atoms with Crippen LogP contribution in [-0.2, 0) is 0 Å². The maximum absolute atomic E-state index is 14.3. The minimum absolute atomic E-state index is 0.159. The molecule has 0 atom stereocenters. The highest BCUT2D eigenvalue weighted by atomic mass is 79.9. The van der Waals surface area contributed by atoms with E-state index in [0.717, 1.165) is 10.9 Å². The van der Waals surface area contributed by atoms with E-state index in [4.69, 9.17) is 5.26 Å². The van der Waals surface area contributed by atoms with E-state index in [-0.39, 0.29) is 10.0 Å². The Hall–Kier alpha value is -2.19. The summed E-state index contributed by atoms with van der Waals surface area (Å²) in [5, 5.41) is 14.0. The van der Waals surface area contributed by atoms with Crippen molar-refractivity contribution in [1.82, 2.24) is 9.78 Å². The summed E-state index contributed by atoms with van der Waals surface area (Å²) < 4.78 is 16.0. The van der Waals surface area contributed by atoms with E-state index in [1.807, 2.05) is 30.3 Å². The van der Waals surface area contributed by atoms with Gasteiger partial charge < -0.3 is 0 Å². The number of nitrogens with zero attached hydrogens (tertiary/aromatic N) is 3. The van der Waals surface area contributed by atoms with E-state index >= 15 is 0 Å². The first-order valence-corrected chi connectivity index (χ1v) is 6.33. The smallest absolute Gasteiger partial charge is 0.164 e. The van der Waals surface area contributed by atoms with Crippen LogP contribution in [0.5, 0.6) is 0 Å². The highest BCUT2D eigenvalue weighted by molar-refractivity contribution is 9.10. The van der Waals surface area contributed by atoms with E-state index in [0.29, 0.717) is 5.69 Å². The number of para-hydroxylation sites is 1. The molecule has 19 heavy (non-hydrogen) atoms. The van der Waals surface area contributed by atoms with Crippen LogP contribution in [0, 0.1) is 17.1 Å². The van der Waals surface area contributed by atoms with E-state index in [9.17, 15) is 4.39 Å². The summed E-state index contributed by atoms with van der Waals surface area (Å²) in [5.74, 6) is -0.493. The molecule has 0 bridgehead atoms. The fourth-order valence-electron chi connectivity index (χ4n) is 1.95. The summed E-state index contributed by atoms with van der Waals surface area (Å²) >= 11 is 3.10. The van der Waals surface area contributed by atoms with Gasteiger partial charge in [0.2, 0.25) is 0 Å². The summed E-state index contributed by atoms with van der Waals surface area (Å²) in [7, 11) is 0. The number of aromatic nitrogens is 2. The molecule has 2 aromatic carbocycles. The van der Waals surface area contributed by atoms with Crippen molar-refractivity contribution in [2.24, 2.45) is 0 Å². The van der Waals surface area contributed by atoms with Crippen LogP contribution < -0.4 is 0 Å². The Kier molecular flexibility index (Phi) is 2.80. The summed E-state index contributed by atoms with van der Waals surface area (Å²) in [6, 6.07) is 12.6. The van der Waals surface area contributed by atoms with Crippen LogP contribution >= 0.6 is 15.9 Å². The van der Waals surface area contributed by atoms with Crippen LogP contribution in [0.1, 0.15) is 5.56 Å². The molecule has 92 valence electrons. The van der Waals surface area contributed by atoms with Crippen molar-refractivity contribution in [2.45, 2.75) is 0 Å². The third-order valence-electron chi connectivity index (χ3n) is 2.89. The zero-order valence-electron chi connectivity index (χ0n) is 9.64. The van der Waals surface area contributed by atoms with Gasteiger partial charge in [0.1, 0.15) is 11.8 Å². The number of nitriles is 1. The quantitative estimate of drug-likeness (QED) is 0.685. The zero-order valence-corrected chi connectivity index (χ0v) is 11.2. The number of halogens is 2. The maximum Gasteiger partial charge on any atom is 0.164 e. The molecule has 0 aliphatic rings. The van der Waals surface area contributed by atoms with E-state index in [2.05, 4.69) is 21.0 Å². The van der Waals surface area contributed by atoms with E-state index in [1.165, 1.54) is 4.68 Å². The molecule has 0 N–H and O–H groups in total. The number of rotatable bonds is 1. The van der Waals surface area contributed by atoms with Crippen molar-refractivity contribution in [3.8, 4) is 11.8 Å². The molecular weight excluding hydrogens is 309 g/mol. The molecule has 0 fully saturated rings. The van der Waals surface area contributed by atoms with Crippen LogP contribution in [0.4, 0.5) is 4.39 Å². The standard InChI is InChI=1S/C14H7BrFN3/c15-13-9(7-17)5-6-12(14(13)16)19-11-4-2-1-3-10(11)8-18-19/h1-6,8H. The maximum atomic E-state index is 14.3. The normalized spacial score (nSPS) is 10.6. The van der Waals surface area contributed by atoms with Crippen LogP contribution in [0.3, 0.4) is 0 Å². The van der Waals surface area contributed by atoms with Crippen molar-refractivity contribution >= 4 is 26.8 Å². The molecule has 0 aliphatic carbocycles. The minimum Gasteiger partial charge on any atom is -0.230 e. The predicted octanol–water partition coefficient (Wildman–Crippen LogP) is 3.80. The average molecular weight is 316 g/mol. The second-order valence-corrected chi connectivity index (χ2v) is 4.78. The van der Waals surface area contributed by atoms with Crippen molar-refractivity contribution < 1.29 is 4.39 Å². The summed E-state index contributed by atoms with van der Waals surface area (Å²) in [6.07, 6.45) is 1.68. The number of hydrogen-bond donors (Lipinski definition) is 0. The summed E-state index contributed by atoms with van der Waals surface area (Å²) in [4.78, 5) is 0. The van der Waals surface area contributed by atoms with Gasteiger partial charge in [-0.2, -0.15) is 10.4 Å². The van der Waals surface area contributed by atoms with E-state index in [1.54, 1.807) is 18.3 Å². The Bertz CT molecular complexity index is 817. The number of hydrogen-bond acceptors (Lipinski definition) is 2. The lowest BCUT2D eigenvalue weighted by molar-refractivity contribution is 0.606. The third kappa shape index (κ3) is 1.81. The Labute approximate surface area is 117 Å². The van der Waals surface area contributed by atoms with Gasteiger partial charge >= 0.3 is 0 Å². The number of benzene rings is 2. The first kappa shape index (κ1) is 11.9. The molecule has 3 aromatic rings. The largest absolute Gasteiger partial charge is 0.230 e. The minimum atomic E-state index is -0.493. The van der Waals surface area contributed by atoms with Gasteiger partial charge in [-0.25, -0.2) is 9.07 Å². The molecule has 5 heteroatoms. The third-order valence-corrected chi connectivity index (χ3v) is 3.66. The Balaban J connectivity index is 2.29. The van der Waals surface area contributed by atoms with Crippen molar-refractivity contribution in [3.05, 3.63) is 58.4 Å².